The maximum atomic E-state index is 12.5. The SMILES string of the molecule is Cc1nn(C2CCN(C(=O)OC(C)(C)C)CC2)c(C)c1-c1cc2c(Cl)cccc2n1COCC[Si](C)(C)C. The molecule has 1 aliphatic heterocycles. The molecule has 3 heterocycles. The molecule has 1 amide bonds. The van der Waals surface area contributed by atoms with Crippen LogP contribution in [0.3, 0.4) is 0 Å². The van der Waals surface area contributed by atoms with Gasteiger partial charge in [-0.3, -0.25) is 4.68 Å². The number of ether oxygens (including phenoxy) is 2. The first-order valence-electron chi connectivity index (χ1n) is 13.6. The van der Waals surface area contributed by atoms with Crippen LogP contribution in [0.5, 0.6) is 0 Å². The van der Waals surface area contributed by atoms with Crippen LogP contribution in [0, 0.1) is 13.8 Å². The molecule has 38 heavy (non-hydrogen) atoms. The Morgan fingerprint density at radius 3 is 2.47 bits per heavy atom. The molecule has 4 rings (SSSR count). The van der Waals surface area contributed by atoms with Gasteiger partial charge in [0.05, 0.1) is 22.9 Å². The molecule has 1 saturated heterocycles. The van der Waals surface area contributed by atoms with Crippen LogP contribution in [0.1, 0.15) is 51.0 Å². The normalized spacial score (nSPS) is 15.4. The van der Waals surface area contributed by atoms with Crippen LogP contribution in [0.2, 0.25) is 30.7 Å². The fraction of sp³-hybridized carbons (Fsp3) is 0.586. The number of hydrogen-bond donors (Lipinski definition) is 0. The second-order valence-electron chi connectivity index (χ2n) is 12.7. The van der Waals surface area contributed by atoms with Crippen molar-refractivity contribution in [2.24, 2.45) is 0 Å². The minimum absolute atomic E-state index is 0.232. The number of aromatic nitrogens is 3. The molecule has 0 spiro atoms. The monoisotopic (exact) mass is 558 g/mol. The molecule has 1 fully saturated rings. The van der Waals surface area contributed by atoms with E-state index in [2.05, 4.69) is 54.9 Å². The van der Waals surface area contributed by atoms with E-state index < -0.39 is 13.7 Å². The van der Waals surface area contributed by atoms with Crippen LogP contribution in [0.4, 0.5) is 4.79 Å². The van der Waals surface area contributed by atoms with E-state index in [1.54, 1.807) is 0 Å². The zero-order valence-electron chi connectivity index (χ0n) is 24.2. The van der Waals surface area contributed by atoms with Gasteiger partial charge >= 0.3 is 6.09 Å². The highest BCUT2D eigenvalue weighted by Gasteiger charge is 2.30. The lowest BCUT2D eigenvalue weighted by Crippen LogP contribution is -2.42. The highest BCUT2D eigenvalue weighted by Crippen LogP contribution is 2.37. The lowest BCUT2D eigenvalue weighted by molar-refractivity contribution is 0.0184. The van der Waals surface area contributed by atoms with Crippen LogP contribution in [0.25, 0.3) is 22.2 Å². The van der Waals surface area contributed by atoms with Crippen LogP contribution in [-0.4, -0.2) is 58.7 Å². The van der Waals surface area contributed by atoms with E-state index in [1.165, 1.54) is 0 Å². The van der Waals surface area contributed by atoms with E-state index in [1.807, 2.05) is 37.8 Å². The average molecular weight is 559 g/mol. The van der Waals surface area contributed by atoms with E-state index in [0.717, 1.165) is 64.1 Å². The number of rotatable bonds is 7. The van der Waals surface area contributed by atoms with Crippen molar-refractivity contribution in [2.75, 3.05) is 19.7 Å². The first-order chi connectivity index (χ1) is 17.7. The second kappa shape index (κ2) is 11.1. The Hall–Kier alpha value is -2.29. The predicted octanol–water partition coefficient (Wildman–Crippen LogP) is 7.66. The van der Waals surface area contributed by atoms with Gasteiger partial charge in [0.25, 0.3) is 0 Å². The highest BCUT2D eigenvalue weighted by atomic mass is 35.5. The van der Waals surface area contributed by atoms with E-state index in [9.17, 15) is 4.79 Å². The highest BCUT2D eigenvalue weighted by molar-refractivity contribution is 6.76. The summed E-state index contributed by atoms with van der Waals surface area (Å²) in [6.45, 7) is 19.6. The van der Waals surface area contributed by atoms with Gasteiger partial charge in [0.1, 0.15) is 12.3 Å². The zero-order chi connectivity index (χ0) is 27.8. The minimum atomic E-state index is -1.18. The predicted molar refractivity (Wildman–Crippen MR) is 158 cm³/mol. The molecule has 0 aliphatic carbocycles. The van der Waals surface area contributed by atoms with E-state index >= 15 is 0 Å². The van der Waals surface area contributed by atoms with Gasteiger partial charge in [-0.25, -0.2) is 4.79 Å². The Morgan fingerprint density at radius 2 is 1.84 bits per heavy atom. The minimum Gasteiger partial charge on any atom is -0.444 e. The molecular formula is C29H43ClN4O3Si. The number of hydrogen-bond acceptors (Lipinski definition) is 4. The first kappa shape index (κ1) is 28.7. The third-order valence-electron chi connectivity index (χ3n) is 7.15. The van der Waals surface area contributed by atoms with Crippen molar-refractivity contribution in [3.8, 4) is 11.3 Å². The second-order valence-corrected chi connectivity index (χ2v) is 18.7. The van der Waals surface area contributed by atoms with Crippen LogP contribution >= 0.6 is 11.6 Å². The zero-order valence-corrected chi connectivity index (χ0v) is 26.0. The third-order valence-corrected chi connectivity index (χ3v) is 9.19. The number of fused-ring (bicyclic) bond motifs is 1. The summed E-state index contributed by atoms with van der Waals surface area (Å²) in [5.74, 6) is 0. The lowest BCUT2D eigenvalue weighted by atomic mass is 10.0. The molecule has 0 radical (unpaired) electrons. The van der Waals surface area contributed by atoms with Gasteiger partial charge in [-0.05, 0) is 71.7 Å². The number of halogens is 1. The van der Waals surface area contributed by atoms with Crippen molar-refractivity contribution in [3.63, 3.8) is 0 Å². The van der Waals surface area contributed by atoms with Crippen LogP contribution in [0.15, 0.2) is 24.3 Å². The van der Waals surface area contributed by atoms with Gasteiger partial charge < -0.3 is 18.9 Å². The van der Waals surface area contributed by atoms with E-state index in [-0.39, 0.29) is 12.1 Å². The summed E-state index contributed by atoms with van der Waals surface area (Å²) in [6.07, 6.45) is 1.45. The van der Waals surface area contributed by atoms with Gasteiger partial charge in [0.2, 0.25) is 0 Å². The maximum absolute atomic E-state index is 12.5. The number of likely N-dealkylation sites (tertiary alicyclic amines) is 1. The molecule has 0 bridgehead atoms. The van der Waals surface area contributed by atoms with Crippen molar-refractivity contribution in [1.82, 2.24) is 19.2 Å². The van der Waals surface area contributed by atoms with Gasteiger partial charge in [0, 0.05) is 49.4 Å². The topological polar surface area (TPSA) is 61.5 Å². The molecule has 0 unspecified atom stereocenters. The maximum Gasteiger partial charge on any atom is 0.410 e. The standard InChI is InChI=1S/C29H43ClN4O3Si/c1-20-27(21(2)34(31-20)22-12-14-32(15-13-22)28(35)37-29(3,4)5)26-18-23-24(30)10-9-11-25(23)33(26)19-36-16-17-38(6,7)8/h9-11,18,22H,12-17,19H2,1-8H3. The summed E-state index contributed by atoms with van der Waals surface area (Å²) in [7, 11) is -1.18. The summed E-state index contributed by atoms with van der Waals surface area (Å²) in [5.41, 5.74) is 4.89. The van der Waals surface area contributed by atoms with Crippen LogP contribution < -0.4 is 0 Å². The summed E-state index contributed by atoms with van der Waals surface area (Å²) in [6, 6.07) is 9.57. The van der Waals surface area contributed by atoms with E-state index in [0.29, 0.717) is 19.8 Å². The van der Waals surface area contributed by atoms with Crippen molar-refractivity contribution in [3.05, 3.63) is 40.7 Å². The van der Waals surface area contributed by atoms with Crippen LogP contribution in [-0.2, 0) is 16.2 Å². The Balaban J connectivity index is 1.59. The van der Waals surface area contributed by atoms with Gasteiger partial charge in [0.15, 0.2) is 0 Å². The average Bonchev–Trinajstić information content (AvgIpc) is 3.32. The number of carbonyl (C=O) groups excluding carboxylic acids is 1. The van der Waals surface area contributed by atoms with Crippen molar-refractivity contribution >= 4 is 36.7 Å². The lowest BCUT2D eigenvalue weighted by Gasteiger charge is -2.34. The third kappa shape index (κ3) is 6.46. The number of carbonyl (C=O) groups is 1. The molecule has 3 aromatic rings. The Morgan fingerprint density at radius 1 is 1.16 bits per heavy atom. The molecular weight excluding hydrogens is 516 g/mol. The summed E-state index contributed by atoms with van der Waals surface area (Å²) < 4.78 is 16.2. The number of nitrogens with zero attached hydrogens (tertiary/aromatic N) is 4. The van der Waals surface area contributed by atoms with Gasteiger partial charge in [-0.1, -0.05) is 37.3 Å². The summed E-state index contributed by atoms with van der Waals surface area (Å²) in [5, 5.41) is 6.76. The van der Waals surface area contributed by atoms with Crippen molar-refractivity contribution in [2.45, 2.75) is 91.5 Å². The molecule has 2 aromatic heterocycles. The number of amides is 1. The Kier molecular flexibility index (Phi) is 8.36. The van der Waals surface area contributed by atoms with Gasteiger partial charge in [-0.15, -0.1) is 0 Å². The Labute approximate surface area is 233 Å². The quantitative estimate of drug-likeness (QED) is 0.220. The molecule has 9 heteroatoms. The Bertz CT molecular complexity index is 1290. The van der Waals surface area contributed by atoms with Gasteiger partial charge in [-0.2, -0.15) is 5.10 Å². The summed E-state index contributed by atoms with van der Waals surface area (Å²) >= 11 is 6.62. The smallest absolute Gasteiger partial charge is 0.410 e. The largest absolute Gasteiger partial charge is 0.444 e. The molecule has 0 atom stereocenters. The van der Waals surface area contributed by atoms with E-state index in [4.69, 9.17) is 26.2 Å². The first-order valence-corrected chi connectivity index (χ1v) is 17.7. The molecule has 1 aromatic carbocycles. The van der Waals surface area contributed by atoms with Crippen molar-refractivity contribution < 1.29 is 14.3 Å². The molecule has 0 N–H and O–H groups in total. The fourth-order valence-corrected chi connectivity index (χ4v) is 6.12. The molecule has 208 valence electrons. The molecule has 7 nitrogen and oxygen atoms in total. The molecule has 1 aliphatic rings. The number of piperidine rings is 1. The molecule has 0 saturated carbocycles. The number of benzene rings is 1. The number of aryl methyl sites for hydroxylation is 1. The summed E-state index contributed by atoms with van der Waals surface area (Å²) in [4.78, 5) is 14.3. The van der Waals surface area contributed by atoms with Crippen molar-refractivity contribution in [1.29, 1.82) is 0 Å². The fourth-order valence-electron chi connectivity index (χ4n) is 5.14.